The summed E-state index contributed by atoms with van der Waals surface area (Å²) in [5, 5.41) is 2.84. The molecule has 0 aliphatic carbocycles. The van der Waals surface area contributed by atoms with E-state index in [-0.39, 0.29) is 39.1 Å². The highest BCUT2D eigenvalue weighted by molar-refractivity contribution is 6.30. The molecule has 0 atom stereocenters. The van der Waals surface area contributed by atoms with Gasteiger partial charge in [-0.1, -0.05) is 22.1 Å². The Bertz CT molecular complexity index is 1630. The van der Waals surface area contributed by atoms with E-state index in [1.165, 1.54) is 60.3 Å². The van der Waals surface area contributed by atoms with Gasteiger partial charge in [-0.2, -0.15) is 0 Å². The first-order valence-electron chi connectivity index (χ1n) is 12.7. The maximum absolute atomic E-state index is 15.5. The van der Waals surface area contributed by atoms with E-state index in [0.29, 0.717) is 23.7 Å². The first-order chi connectivity index (χ1) is 19.8. The second kappa shape index (κ2) is 11.7. The number of nitrogens with one attached hydrogen (secondary N) is 1. The average molecular weight is 579 g/mol. The number of hydrogen-bond acceptors (Lipinski definition) is 7. The van der Waals surface area contributed by atoms with Gasteiger partial charge in [-0.15, -0.1) is 5.12 Å². The molecule has 1 fully saturated rings. The van der Waals surface area contributed by atoms with E-state index in [1.807, 2.05) is 0 Å². The fourth-order valence-corrected chi connectivity index (χ4v) is 4.68. The SMILES string of the molecule is COC(=O)c1cccc2c1nc(C(=O)N(F)c1ccc(C(=O)N3CCCC3)cc1)n2CC(=O)Nc1ccc(Cl)cn1. The van der Waals surface area contributed by atoms with Crippen molar-refractivity contribution >= 4 is 57.8 Å². The number of nitrogens with zero attached hydrogens (tertiary/aromatic N) is 5. The van der Waals surface area contributed by atoms with Crippen LogP contribution in [0.4, 0.5) is 16.0 Å². The normalized spacial score (nSPS) is 12.8. The number of hydrogen-bond donors (Lipinski definition) is 1. The van der Waals surface area contributed by atoms with Crippen LogP contribution in [0.5, 0.6) is 0 Å². The predicted molar refractivity (Wildman–Crippen MR) is 148 cm³/mol. The Labute approximate surface area is 238 Å². The Morgan fingerprint density at radius 1 is 1.05 bits per heavy atom. The highest BCUT2D eigenvalue weighted by Crippen LogP contribution is 2.25. The Morgan fingerprint density at radius 2 is 1.78 bits per heavy atom. The number of aromatic nitrogens is 3. The lowest BCUT2D eigenvalue weighted by Crippen LogP contribution is -2.29. The summed E-state index contributed by atoms with van der Waals surface area (Å²) >= 11 is 5.85. The minimum atomic E-state index is -1.19. The maximum atomic E-state index is 15.5. The Morgan fingerprint density at radius 3 is 2.44 bits per heavy atom. The molecule has 0 spiro atoms. The largest absolute Gasteiger partial charge is 0.465 e. The van der Waals surface area contributed by atoms with Crippen molar-refractivity contribution in [3.8, 4) is 0 Å². The first kappa shape index (κ1) is 27.7. The van der Waals surface area contributed by atoms with Gasteiger partial charge in [-0.05, 0) is 61.4 Å². The third-order valence-corrected chi connectivity index (χ3v) is 6.81. The van der Waals surface area contributed by atoms with Gasteiger partial charge in [0.2, 0.25) is 11.7 Å². The van der Waals surface area contributed by atoms with Gasteiger partial charge >= 0.3 is 11.9 Å². The number of carbonyl (C=O) groups is 4. The Hall–Kier alpha value is -4.84. The molecule has 0 saturated carbocycles. The van der Waals surface area contributed by atoms with Crippen LogP contribution < -0.4 is 10.4 Å². The molecule has 3 amide bonds. The van der Waals surface area contributed by atoms with Gasteiger partial charge in [0.25, 0.3) is 5.91 Å². The van der Waals surface area contributed by atoms with Crippen molar-refractivity contribution in [3.63, 3.8) is 0 Å². The molecule has 0 bridgehead atoms. The zero-order valence-electron chi connectivity index (χ0n) is 21.8. The van der Waals surface area contributed by atoms with Crippen LogP contribution in [0.25, 0.3) is 11.0 Å². The molecule has 4 aromatic rings. The molecule has 1 N–H and O–H groups in total. The number of likely N-dealkylation sites (tertiary alicyclic amines) is 1. The molecule has 210 valence electrons. The van der Waals surface area contributed by atoms with Gasteiger partial charge in [0, 0.05) is 24.8 Å². The summed E-state index contributed by atoms with van der Waals surface area (Å²) in [5.41, 5.74) is 0.553. The van der Waals surface area contributed by atoms with Crippen LogP contribution in [0.1, 0.15) is 44.2 Å². The van der Waals surface area contributed by atoms with Crippen LogP contribution in [0, 0.1) is 0 Å². The van der Waals surface area contributed by atoms with Gasteiger partial charge < -0.3 is 19.5 Å². The second-order valence-corrected chi connectivity index (χ2v) is 9.66. The summed E-state index contributed by atoms with van der Waals surface area (Å²) in [6.07, 6.45) is 3.22. The summed E-state index contributed by atoms with van der Waals surface area (Å²) in [5.74, 6) is -2.88. The number of imidazole rings is 1. The van der Waals surface area contributed by atoms with Crippen LogP contribution >= 0.6 is 11.6 Å². The van der Waals surface area contributed by atoms with Crippen molar-refractivity contribution < 1.29 is 28.4 Å². The van der Waals surface area contributed by atoms with E-state index >= 15 is 4.48 Å². The van der Waals surface area contributed by atoms with Gasteiger partial charge in [0.15, 0.2) is 0 Å². The van der Waals surface area contributed by atoms with Gasteiger partial charge in [0.1, 0.15) is 17.9 Å². The number of pyridine rings is 1. The minimum Gasteiger partial charge on any atom is -0.465 e. The Balaban J connectivity index is 1.46. The van der Waals surface area contributed by atoms with Crippen LogP contribution in [-0.4, -0.2) is 63.3 Å². The fraction of sp³-hybridized carbons (Fsp3) is 0.214. The first-order valence-corrected chi connectivity index (χ1v) is 13.0. The van der Waals surface area contributed by atoms with E-state index in [1.54, 1.807) is 17.0 Å². The van der Waals surface area contributed by atoms with Gasteiger partial charge in [-0.25, -0.2) is 14.8 Å². The number of halogens is 2. The standard InChI is InChI=1S/C28H24ClFN6O5/c1-41-28(40)20-5-4-6-21-24(20)33-25(35(21)16-23(37)32-22-12-9-18(29)15-31-22)27(39)36(30)19-10-7-17(8-11-19)26(38)34-13-2-3-14-34/h4-12,15H,2-3,13-14,16H2,1H3,(H,31,32,37). The number of carbonyl (C=O) groups excluding carboxylic acids is 4. The fourth-order valence-electron chi connectivity index (χ4n) is 4.56. The predicted octanol–water partition coefficient (Wildman–Crippen LogP) is 4.28. The molecule has 5 rings (SSSR count). The molecule has 2 aromatic carbocycles. The van der Waals surface area contributed by atoms with E-state index in [4.69, 9.17) is 16.3 Å². The van der Waals surface area contributed by atoms with Crippen LogP contribution in [0.15, 0.2) is 60.8 Å². The number of amides is 3. The van der Waals surface area contributed by atoms with Crippen molar-refractivity contribution in [2.24, 2.45) is 0 Å². The summed E-state index contributed by atoms with van der Waals surface area (Å²) in [4.78, 5) is 61.3. The summed E-state index contributed by atoms with van der Waals surface area (Å²) in [7, 11) is 1.19. The van der Waals surface area contributed by atoms with Crippen molar-refractivity contribution in [1.82, 2.24) is 19.4 Å². The molecule has 1 aliphatic rings. The highest BCUT2D eigenvalue weighted by Gasteiger charge is 2.28. The molecule has 41 heavy (non-hydrogen) atoms. The van der Waals surface area contributed by atoms with E-state index < -0.39 is 30.2 Å². The smallest absolute Gasteiger partial charge is 0.340 e. The average Bonchev–Trinajstić information content (AvgIpc) is 3.66. The lowest BCUT2D eigenvalue weighted by Gasteiger charge is -2.16. The van der Waals surface area contributed by atoms with Crippen molar-refractivity contribution in [2.45, 2.75) is 19.4 Å². The van der Waals surface area contributed by atoms with E-state index in [2.05, 4.69) is 15.3 Å². The monoisotopic (exact) mass is 578 g/mol. The quantitative estimate of drug-likeness (QED) is 0.256. The molecule has 3 heterocycles. The highest BCUT2D eigenvalue weighted by atomic mass is 35.5. The molecule has 13 heteroatoms. The molecular weight excluding hydrogens is 555 g/mol. The number of benzene rings is 2. The lowest BCUT2D eigenvalue weighted by atomic mass is 10.2. The zero-order chi connectivity index (χ0) is 29.1. The zero-order valence-corrected chi connectivity index (χ0v) is 22.6. The number of para-hydroxylation sites is 1. The number of esters is 1. The van der Waals surface area contributed by atoms with Gasteiger partial charge in [-0.3, -0.25) is 14.4 Å². The van der Waals surface area contributed by atoms with Crippen LogP contribution in [0.3, 0.4) is 0 Å². The lowest BCUT2D eigenvalue weighted by molar-refractivity contribution is -0.116. The second-order valence-electron chi connectivity index (χ2n) is 9.23. The van der Waals surface area contributed by atoms with E-state index in [0.717, 1.165) is 12.8 Å². The molecule has 11 nitrogen and oxygen atoms in total. The number of ether oxygens (including phenoxy) is 1. The third-order valence-electron chi connectivity index (χ3n) is 6.58. The number of fused-ring (bicyclic) bond motifs is 1. The third kappa shape index (κ3) is 5.73. The van der Waals surface area contributed by atoms with Crippen molar-refractivity contribution in [1.29, 1.82) is 0 Å². The van der Waals surface area contributed by atoms with Crippen molar-refractivity contribution in [3.05, 3.63) is 82.8 Å². The topological polar surface area (TPSA) is 127 Å². The summed E-state index contributed by atoms with van der Waals surface area (Å²) in [6.45, 7) is 0.878. The molecule has 0 radical (unpaired) electrons. The molecular formula is C28H24ClFN6O5. The molecule has 1 saturated heterocycles. The number of rotatable bonds is 7. The van der Waals surface area contributed by atoms with E-state index in [9.17, 15) is 19.2 Å². The minimum absolute atomic E-state index is 0.0350. The maximum Gasteiger partial charge on any atom is 0.340 e. The van der Waals surface area contributed by atoms with Gasteiger partial charge in [0.05, 0.1) is 28.9 Å². The molecule has 2 aromatic heterocycles. The summed E-state index contributed by atoms with van der Waals surface area (Å²) in [6, 6.07) is 13.1. The summed E-state index contributed by atoms with van der Waals surface area (Å²) < 4.78 is 21.5. The number of anilines is 2. The number of methoxy groups -OCH3 is 1. The Kier molecular flexibility index (Phi) is 7.92. The molecule has 0 unspecified atom stereocenters. The van der Waals surface area contributed by atoms with Crippen LogP contribution in [0.2, 0.25) is 5.02 Å². The molecule has 1 aliphatic heterocycles. The van der Waals surface area contributed by atoms with Crippen molar-refractivity contribution in [2.75, 3.05) is 30.6 Å². The van der Waals surface area contributed by atoms with Crippen LogP contribution in [-0.2, 0) is 16.1 Å².